The molecule has 0 saturated heterocycles. The Morgan fingerprint density at radius 3 is 2.08 bits per heavy atom. The highest BCUT2D eigenvalue weighted by Gasteiger charge is 2.52. The molecule has 216 valence electrons. The number of halogens is 7. The molecule has 0 aromatic heterocycles. The van der Waals surface area contributed by atoms with Crippen molar-refractivity contribution in [1.29, 1.82) is 0 Å². The average molecular weight is 608 g/mol. The van der Waals surface area contributed by atoms with Crippen molar-refractivity contribution in [1.82, 2.24) is 16.0 Å². The van der Waals surface area contributed by atoms with Gasteiger partial charge in [-0.1, -0.05) is 73.4 Å². The van der Waals surface area contributed by atoms with Gasteiger partial charge in [-0.15, -0.1) is 0 Å². The average Bonchev–Trinajstić information content (AvgIpc) is 2.88. The van der Waals surface area contributed by atoms with Crippen molar-refractivity contribution in [2.75, 3.05) is 6.54 Å². The second-order valence-electron chi connectivity index (χ2n) is 8.83. The third-order valence-corrected chi connectivity index (χ3v) is 6.08. The minimum absolute atomic E-state index is 0.223. The Hall–Kier alpha value is -3.51. The van der Waals surface area contributed by atoms with E-state index in [9.17, 15) is 41.1 Å². The van der Waals surface area contributed by atoms with Crippen LogP contribution in [0.4, 0.5) is 22.0 Å². The molecule has 0 aliphatic rings. The minimum Gasteiger partial charge on any atom is -0.344 e. The van der Waals surface area contributed by atoms with Crippen molar-refractivity contribution < 1.29 is 41.1 Å². The minimum atomic E-state index is -4.99. The van der Waals surface area contributed by atoms with E-state index in [1.54, 1.807) is 12.1 Å². The van der Waals surface area contributed by atoms with Crippen LogP contribution in [-0.4, -0.2) is 48.2 Å². The number of amides is 3. The number of benzene rings is 2. The van der Waals surface area contributed by atoms with Crippen LogP contribution in [0, 0.1) is 5.92 Å². The van der Waals surface area contributed by atoms with E-state index in [0.29, 0.717) is 10.6 Å². The zero-order chi connectivity index (χ0) is 30.3. The molecule has 1 unspecified atom stereocenters. The van der Waals surface area contributed by atoms with E-state index in [0.717, 1.165) is 11.4 Å². The first kappa shape index (κ1) is 32.7. The van der Waals surface area contributed by atoms with Gasteiger partial charge in [-0.3, -0.25) is 19.2 Å². The van der Waals surface area contributed by atoms with Gasteiger partial charge in [0.1, 0.15) is 12.6 Å². The van der Waals surface area contributed by atoms with Crippen LogP contribution in [-0.2, 0) is 19.2 Å². The molecule has 0 aliphatic carbocycles. The summed E-state index contributed by atoms with van der Waals surface area (Å²) in [7, 11) is 0. The van der Waals surface area contributed by atoms with E-state index in [2.05, 4.69) is 10.6 Å². The molecule has 7 nitrogen and oxygen atoms in total. The molecule has 2 rings (SSSR count). The monoisotopic (exact) mass is 607 g/mol. The van der Waals surface area contributed by atoms with Crippen LogP contribution >= 0.6 is 23.2 Å². The first-order chi connectivity index (χ1) is 18.5. The summed E-state index contributed by atoms with van der Waals surface area (Å²) in [6.07, 6.45) is -2.54. The Balaban J connectivity index is 2.26. The Bertz CT molecular complexity index is 1270. The van der Waals surface area contributed by atoms with Crippen molar-refractivity contribution in [3.05, 3.63) is 75.8 Å². The van der Waals surface area contributed by atoms with Crippen LogP contribution in [0.5, 0.6) is 0 Å². The molecule has 2 atom stereocenters. The predicted octanol–water partition coefficient (Wildman–Crippen LogP) is 4.89. The van der Waals surface area contributed by atoms with Crippen LogP contribution in [0.25, 0.3) is 6.08 Å². The van der Waals surface area contributed by atoms with Crippen LogP contribution in [0.3, 0.4) is 0 Å². The highest BCUT2D eigenvalue weighted by molar-refractivity contribution is 6.42. The molecule has 2 aromatic carbocycles. The molecule has 3 amide bonds. The number of alkyl halides is 5. The predicted molar refractivity (Wildman–Crippen MR) is 139 cm³/mol. The fraction of sp³-hybridized carbons (Fsp3) is 0.308. The maximum absolute atomic E-state index is 14.5. The molecular weight excluding hydrogens is 584 g/mol. The van der Waals surface area contributed by atoms with Crippen molar-refractivity contribution in [2.45, 2.75) is 38.0 Å². The normalized spacial score (nSPS) is 13.6. The lowest BCUT2D eigenvalue weighted by Crippen LogP contribution is -2.58. The highest BCUT2D eigenvalue weighted by Crippen LogP contribution is 2.24. The van der Waals surface area contributed by atoms with E-state index < -0.39 is 60.1 Å². The molecule has 40 heavy (non-hydrogen) atoms. The van der Waals surface area contributed by atoms with Crippen molar-refractivity contribution in [3.63, 3.8) is 0 Å². The van der Waals surface area contributed by atoms with Crippen LogP contribution in [0.1, 0.15) is 31.0 Å². The summed E-state index contributed by atoms with van der Waals surface area (Å²) >= 11 is 11.8. The number of carbonyl (C=O) groups is 4. The number of hydrogen-bond donors (Lipinski definition) is 3. The number of carbonyl (C=O) groups excluding carboxylic acids is 4. The van der Waals surface area contributed by atoms with Gasteiger partial charge < -0.3 is 16.0 Å². The zero-order valence-electron chi connectivity index (χ0n) is 21.0. The molecule has 0 spiro atoms. The maximum atomic E-state index is 14.5. The van der Waals surface area contributed by atoms with Gasteiger partial charge in [0.15, 0.2) is 0 Å². The maximum Gasteiger partial charge on any atom is 0.405 e. The summed E-state index contributed by atoms with van der Waals surface area (Å²) in [5.74, 6) is -12.3. The first-order valence-corrected chi connectivity index (χ1v) is 12.3. The summed E-state index contributed by atoms with van der Waals surface area (Å²) in [4.78, 5) is 50.1. The highest BCUT2D eigenvalue weighted by atomic mass is 35.5. The zero-order valence-corrected chi connectivity index (χ0v) is 22.5. The molecule has 0 heterocycles. The first-order valence-electron chi connectivity index (χ1n) is 11.6. The summed E-state index contributed by atoms with van der Waals surface area (Å²) in [6.45, 7) is 0.483. The van der Waals surface area contributed by atoms with Gasteiger partial charge >= 0.3 is 12.1 Å². The third-order valence-electron chi connectivity index (χ3n) is 5.34. The van der Waals surface area contributed by atoms with Gasteiger partial charge in [0, 0.05) is 6.08 Å². The molecular formula is C26H24Cl2F5N3O4. The summed E-state index contributed by atoms with van der Waals surface area (Å²) in [5.41, 5.74) is 0.725. The molecule has 14 heteroatoms. The van der Waals surface area contributed by atoms with Gasteiger partial charge in [0.05, 0.1) is 16.1 Å². The van der Waals surface area contributed by atoms with E-state index in [4.69, 9.17) is 23.2 Å². The molecule has 0 radical (unpaired) electrons. The van der Waals surface area contributed by atoms with E-state index >= 15 is 0 Å². The quantitative estimate of drug-likeness (QED) is 0.192. The second kappa shape index (κ2) is 13.7. The fourth-order valence-corrected chi connectivity index (χ4v) is 3.60. The SMILES string of the molecule is CC(C)[C@H](NC(=O)C(NC(=O)/C=C/c1ccc(Cl)c(Cl)c1)c1ccccc1)C(=O)C(F)(F)C(=O)NCC(F)(F)F. The number of nitrogens with one attached hydrogen (secondary N) is 3. The lowest BCUT2D eigenvalue weighted by atomic mass is 9.94. The summed E-state index contributed by atoms with van der Waals surface area (Å²) in [5, 5.41) is 6.01. The van der Waals surface area contributed by atoms with E-state index in [-0.39, 0.29) is 10.6 Å². The standard InChI is InChI=1S/C26H24Cl2F5N3O4/c1-14(2)20(22(38)26(32,33)24(40)34-13-25(29,30)31)36-23(39)21(16-6-4-3-5-7-16)35-19(37)11-9-15-8-10-17(27)18(28)12-15/h3-12,14,20-21H,13H2,1-2H3,(H,34,40)(H,35,37)(H,36,39)/b11-9+/t20-,21?/m0/s1. The topological polar surface area (TPSA) is 104 Å². The Morgan fingerprint density at radius 1 is 0.900 bits per heavy atom. The Labute approximate surface area is 236 Å². The van der Waals surface area contributed by atoms with Gasteiger partial charge in [-0.25, -0.2) is 0 Å². The number of ketones is 1. The largest absolute Gasteiger partial charge is 0.405 e. The summed E-state index contributed by atoms with van der Waals surface area (Å²) < 4.78 is 66.1. The van der Waals surface area contributed by atoms with Crippen LogP contribution in [0.2, 0.25) is 10.0 Å². The van der Waals surface area contributed by atoms with Crippen molar-refractivity contribution >= 4 is 52.8 Å². The number of Topliss-reactive ketones (excluding diaryl/α,β-unsaturated/α-hetero) is 1. The molecule has 2 aromatic rings. The number of rotatable bonds is 11. The van der Waals surface area contributed by atoms with E-state index in [1.165, 1.54) is 56.3 Å². The fourth-order valence-electron chi connectivity index (χ4n) is 3.29. The van der Waals surface area contributed by atoms with Gasteiger partial charge in [0.25, 0.3) is 5.91 Å². The van der Waals surface area contributed by atoms with E-state index in [1.807, 2.05) is 0 Å². The molecule has 0 bridgehead atoms. The van der Waals surface area contributed by atoms with Crippen LogP contribution < -0.4 is 16.0 Å². The van der Waals surface area contributed by atoms with Gasteiger partial charge in [-0.05, 0) is 35.3 Å². The van der Waals surface area contributed by atoms with Gasteiger partial charge in [0.2, 0.25) is 17.6 Å². The Kier molecular flexibility index (Phi) is 11.2. The number of hydrogen-bond acceptors (Lipinski definition) is 4. The van der Waals surface area contributed by atoms with Crippen molar-refractivity contribution in [3.8, 4) is 0 Å². The summed E-state index contributed by atoms with van der Waals surface area (Å²) in [6, 6.07) is 8.70. The smallest absolute Gasteiger partial charge is 0.344 e. The lowest BCUT2D eigenvalue weighted by molar-refractivity contribution is -0.165. The van der Waals surface area contributed by atoms with Crippen LogP contribution in [0.15, 0.2) is 54.6 Å². The Morgan fingerprint density at radius 2 is 1.52 bits per heavy atom. The molecule has 0 aliphatic heterocycles. The lowest BCUT2D eigenvalue weighted by Gasteiger charge is -2.27. The second-order valence-corrected chi connectivity index (χ2v) is 9.64. The third kappa shape index (κ3) is 9.30. The molecule has 3 N–H and O–H groups in total. The molecule has 0 fully saturated rings. The molecule has 0 saturated carbocycles. The van der Waals surface area contributed by atoms with Gasteiger partial charge in [-0.2, -0.15) is 22.0 Å². The van der Waals surface area contributed by atoms with Crippen molar-refractivity contribution in [2.24, 2.45) is 5.92 Å².